The molecular formula is C20H22N2O6. The van der Waals surface area contributed by atoms with Gasteiger partial charge in [-0.25, -0.2) is 4.79 Å². The predicted octanol–water partition coefficient (Wildman–Crippen LogP) is 2.85. The number of hydrogen-bond acceptors (Lipinski definition) is 6. The molecule has 2 N–H and O–H groups in total. The Hall–Kier alpha value is -3.55. The fourth-order valence-corrected chi connectivity index (χ4v) is 2.33. The molecule has 2 amide bonds. The van der Waals surface area contributed by atoms with Crippen molar-refractivity contribution in [2.45, 2.75) is 20.0 Å². The largest absolute Gasteiger partial charge is 0.493 e. The summed E-state index contributed by atoms with van der Waals surface area (Å²) < 4.78 is 15.5. The van der Waals surface area contributed by atoms with Gasteiger partial charge in [0.1, 0.15) is 0 Å². The van der Waals surface area contributed by atoms with Crippen LogP contribution in [-0.2, 0) is 14.3 Å². The zero-order valence-corrected chi connectivity index (χ0v) is 16.1. The monoisotopic (exact) mass is 386 g/mol. The first-order valence-electron chi connectivity index (χ1n) is 8.45. The number of amides is 2. The molecule has 2 aromatic rings. The number of carbonyl (C=O) groups excluding carboxylic acids is 3. The Morgan fingerprint density at radius 2 is 1.43 bits per heavy atom. The highest BCUT2D eigenvalue weighted by Gasteiger charge is 2.20. The number of methoxy groups -OCH3 is 2. The zero-order valence-electron chi connectivity index (χ0n) is 16.1. The van der Waals surface area contributed by atoms with E-state index in [0.29, 0.717) is 22.9 Å². The molecule has 2 rings (SSSR count). The lowest BCUT2D eigenvalue weighted by Gasteiger charge is -2.15. The average Bonchev–Trinajstić information content (AvgIpc) is 2.68. The minimum atomic E-state index is -1.02. The van der Waals surface area contributed by atoms with Crippen LogP contribution in [0.3, 0.4) is 0 Å². The van der Waals surface area contributed by atoms with Crippen LogP contribution in [0.15, 0.2) is 42.5 Å². The minimum Gasteiger partial charge on any atom is -0.493 e. The Morgan fingerprint density at radius 3 is 1.96 bits per heavy atom. The summed E-state index contributed by atoms with van der Waals surface area (Å²) in [6.07, 6.45) is -1.02. The molecule has 28 heavy (non-hydrogen) atoms. The molecule has 0 aromatic heterocycles. The van der Waals surface area contributed by atoms with Gasteiger partial charge in [0.15, 0.2) is 17.6 Å². The Morgan fingerprint density at radius 1 is 0.857 bits per heavy atom. The van der Waals surface area contributed by atoms with Gasteiger partial charge in [0, 0.05) is 18.3 Å². The van der Waals surface area contributed by atoms with E-state index in [2.05, 4.69) is 10.6 Å². The van der Waals surface area contributed by atoms with Crippen LogP contribution in [0.5, 0.6) is 11.5 Å². The van der Waals surface area contributed by atoms with E-state index in [1.165, 1.54) is 40.2 Å². The Bertz CT molecular complexity index is 863. The highest BCUT2D eigenvalue weighted by Crippen LogP contribution is 2.28. The van der Waals surface area contributed by atoms with Crippen molar-refractivity contribution < 1.29 is 28.6 Å². The third kappa shape index (κ3) is 5.47. The quantitative estimate of drug-likeness (QED) is 0.710. The van der Waals surface area contributed by atoms with Crippen LogP contribution in [0.1, 0.15) is 24.2 Å². The molecule has 0 spiro atoms. The second kappa shape index (κ2) is 9.40. The van der Waals surface area contributed by atoms with E-state index in [1.54, 1.807) is 30.3 Å². The van der Waals surface area contributed by atoms with Crippen LogP contribution in [0.4, 0.5) is 11.4 Å². The summed E-state index contributed by atoms with van der Waals surface area (Å²) in [5.41, 5.74) is 1.35. The van der Waals surface area contributed by atoms with Crippen molar-refractivity contribution in [1.82, 2.24) is 0 Å². The van der Waals surface area contributed by atoms with E-state index in [0.717, 1.165) is 0 Å². The van der Waals surface area contributed by atoms with Crippen molar-refractivity contribution in [3.05, 3.63) is 48.0 Å². The predicted molar refractivity (Wildman–Crippen MR) is 104 cm³/mol. The summed E-state index contributed by atoms with van der Waals surface area (Å²) in [7, 11) is 2.95. The van der Waals surface area contributed by atoms with E-state index in [9.17, 15) is 14.4 Å². The summed E-state index contributed by atoms with van der Waals surface area (Å²) in [6, 6.07) is 11.1. The zero-order chi connectivity index (χ0) is 20.7. The number of benzene rings is 2. The SMILES string of the molecule is COc1ccc(C(=O)O[C@@H](C)C(=O)Nc2ccc(NC(C)=O)cc2)cc1OC. The summed E-state index contributed by atoms with van der Waals surface area (Å²) in [6.45, 7) is 2.88. The summed E-state index contributed by atoms with van der Waals surface area (Å²) in [5, 5.41) is 5.28. The summed E-state index contributed by atoms with van der Waals surface area (Å²) in [5.74, 6) is -0.473. The Kier molecular flexibility index (Phi) is 6.97. The first kappa shape index (κ1) is 20.8. The van der Waals surface area contributed by atoms with Crippen LogP contribution >= 0.6 is 0 Å². The van der Waals surface area contributed by atoms with Gasteiger partial charge in [-0.2, -0.15) is 0 Å². The molecular weight excluding hydrogens is 364 g/mol. The molecule has 2 aromatic carbocycles. The molecule has 0 bridgehead atoms. The van der Waals surface area contributed by atoms with Crippen LogP contribution in [-0.4, -0.2) is 38.1 Å². The van der Waals surface area contributed by atoms with Crippen molar-refractivity contribution in [1.29, 1.82) is 0 Å². The molecule has 0 saturated heterocycles. The molecule has 8 nitrogen and oxygen atoms in total. The molecule has 1 atom stereocenters. The van der Waals surface area contributed by atoms with E-state index < -0.39 is 18.0 Å². The topological polar surface area (TPSA) is 103 Å². The number of anilines is 2. The van der Waals surface area contributed by atoms with Gasteiger partial charge in [-0.15, -0.1) is 0 Å². The van der Waals surface area contributed by atoms with Gasteiger partial charge in [-0.3, -0.25) is 9.59 Å². The van der Waals surface area contributed by atoms with E-state index >= 15 is 0 Å². The second-order valence-corrected chi connectivity index (χ2v) is 5.87. The maximum atomic E-state index is 12.3. The summed E-state index contributed by atoms with van der Waals surface area (Å²) in [4.78, 5) is 35.6. The van der Waals surface area contributed by atoms with E-state index in [4.69, 9.17) is 14.2 Å². The average molecular weight is 386 g/mol. The van der Waals surface area contributed by atoms with Crippen LogP contribution in [0.25, 0.3) is 0 Å². The maximum absolute atomic E-state index is 12.3. The van der Waals surface area contributed by atoms with Gasteiger partial charge in [0.05, 0.1) is 19.8 Å². The maximum Gasteiger partial charge on any atom is 0.339 e. The molecule has 0 fully saturated rings. The van der Waals surface area contributed by atoms with E-state index in [1.807, 2.05) is 0 Å². The van der Waals surface area contributed by atoms with E-state index in [-0.39, 0.29) is 11.5 Å². The molecule has 0 heterocycles. The molecule has 0 saturated carbocycles. The van der Waals surface area contributed by atoms with Crippen molar-refractivity contribution in [3.8, 4) is 11.5 Å². The standard InChI is InChI=1S/C20H22N2O6/c1-12(19(24)22-16-8-6-15(7-9-16)21-13(2)23)28-20(25)14-5-10-17(26-3)18(11-14)27-4/h5-12H,1-4H3,(H,21,23)(H,22,24)/t12-/m0/s1. The van der Waals surface area contributed by atoms with Crippen molar-refractivity contribution in [2.24, 2.45) is 0 Å². The number of esters is 1. The first-order valence-corrected chi connectivity index (χ1v) is 8.45. The highest BCUT2D eigenvalue weighted by atomic mass is 16.5. The fraction of sp³-hybridized carbons (Fsp3) is 0.250. The Balaban J connectivity index is 1.98. The number of hydrogen-bond donors (Lipinski definition) is 2. The van der Waals surface area contributed by atoms with Gasteiger partial charge in [-0.05, 0) is 49.4 Å². The molecule has 0 aliphatic rings. The number of nitrogens with one attached hydrogen (secondary N) is 2. The van der Waals surface area contributed by atoms with Crippen LogP contribution in [0.2, 0.25) is 0 Å². The summed E-state index contributed by atoms with van der Waals surface area (Å²) >= 11 is 0. The lowest BCUT2D eigenvalue weighted by atomic mass is 10.2. The third-order valence-electron chi connectivity index (χ3n) is 3.75. The second-order valence-electron chi connectivity index (χ2n) is 5.87. The first-order chi connectivity index (χ1) is 13.3. The molecule has 0 aliphatic carbocycles. The highest BCUT2D eigenvalue weighted by molar-refractivity contribution is 5.98. The van der Waals surface area contributed by atoms with Gasteiger partial charge in [-0.1, -0.05) is 0 Å². The van der Waals surface area contributed by atoms with Crippen LogP contribution in [0, 0.1) is 0 Å². The third-order valence-corrected chi connectivity index (χ3v) is 3.75. The molecule has 0 radical (unpaired) electrons. The van der Waals surface area contributed by atoms with Gasteiger partial charge in [0.25, 0.3) is 5.91 Å². The fourth-order valence-electron chi connectivity index (χ4n) is 2.33. The number of carbonyl (C=O) groups is 3. The van der Waals surface area contributed by atoms with Gasteiger partial charge >= 0.3 is 5.97 Å². The normalized spacial score (nSPS) is 11.1. The lowest BCUT2D eigenvalue weighted by molar-refractivity contribution is -0.123. The smallest absolute Gasteiger partial charge is 0.339 e. The Labute approximate surface area is 162 Å². The molecule has 8 heteroatoms. The molecule has 0 unspecified atom stereocenters. The van der Waals surface area contributed by atoms with Crippen molar-refractivity contribution >= 4 is 29.2 Å². The lowest BCUT2D eigenvalue weighted by Crippen LogP contribution is -2.30. The molecule has 148 valence electrons. The minimum absolute atomic E-state index is 0.188. The van der Waals surface area contributed by atoms with Crippen molar-refractivity contribution in [3.63, 3.8) is 0 Å². The van der Waals surface area contributed by atoms with Gasteiger partial charge < -0.3 is 24.8 Å². The van der Waals surface area contributed by atoms with Gasteiger partial charge in [0.2, 0.25) is 5.91 Å². The molecule has 0 aliphatic heterocycles. The number of ether oxygens (including phenoxy) is 3. The number of rotatable bonds is 7. The van der Waals surface area contributed by atoms with Crippen LogP contribution < -0.4 is 20.1 Å². The van der Waals surface area contributed by atoms with Crippen molar-refractivity contribution in [2.75, 3.05) is 24.9 Å².